The summed E-state index contributed by atoms with van der Waals surface area (Å²) in [5, 5.41) is 12.3. The van der Waals surface area contributed by atoms with Gasteiger partial charge in [-0.25, -0.2) is 0 Å². The predicted molar refractivity (Wildman–Crippen MR) is 81.8 cm³/mol. The van der Waals surface area contributed by atoms with Crippen molar-refractivity contribution in [1.82, 2.24) is 5.32 Å². The van der Waals surface area contributed by atoms with Crippen LogP contribution >= 0.6 is 0 Å². The summed E-state index contributed by atoms with van der Waals surface area (Å²) in [6.07, 6.45) is 5.81. The van der Waals surface area contributed by atoms with E-state index in [4.69, 9.17) is 9.52 Å². The van der Waals surface area contributed by atoms with Gasteiger partial charge < -0.3 is 14.8 Å². The standard InChI is InChI=1S/C17H19NO4/c19-16(18-6-2-5-17(20)21)9-13-10-22-15-8-12-4-1-3-11(12)7-14(13)15/h7-8,10H,1-6,9H2,(H,18,19)(H,20,21). The third-order valence-corrected chi connectivity index (χ3v) is 4.11. The number of amides is 1. The van der Waals surface area contributed by atoms with Crippen LogP contribution in [0.5, 0.6) is 0 Å². The summed E-state index contributed by atoms with van der Waals surface area (Å²) in [5.41, 5.74) is 4.44. The maximum absolute atomic E-state index is 11.9. The number of nitrogens with one attached hydrogen (secondary N) is 1. The number of carboxylic acids is 1. The molecule has 22 heavy (non-hydrogen) atoms. The van der Waals surface area contributed by atoms with Crippen LogP contribution < -0.4 is 5.32 Å². The van der Waals surface area contributed by atoms with Gasteiger partial charge in [-0.05, 0) is 48.9 Å². The van der Waals surface area contributed by atoms with Crippen molar-refractivity contribution in [3.63, 3.8) is 0 Å². The normalized spacial score (nSPS) is 13.3. The van der Waals surface area contributed by atoms with Crippen molar-refractivity contribution in [3.8, 4) is 0 Å². The van der Waals surface area contributed by atoms with Gasteiger partial charge in [0.1, 0.15) is 5.58 Å². The topological polar surface area (TPSA) is 79.5 Å². The molecule has 0 aliphatic heterocycles. The first-order chi connectivity index (χ1) is 10.6. The van der Waals surface area contributed by atoms with Gasteiger partial charge in [0, 0.05) is 23.9 Å². The first-order valence-corrected chi connectivity index (χ1v) is 7.64. The van der Waals surface area contributed by atoms with Crippen molar-refractivity contribution in [2.24, 2.45) is 0 Å². The number of benzene rings is 1. The number of fused-ring (bicyclic) bond motifs is 2. The van der Waals surface area contributed by atoms with Crippen molar-refractivity contribution in [2.45, 2.75) is 38.5 Å². The van der Waals surface area contributed by atoms with Crippen molar-refractivity contribution in [1.29, 1.82) is 0 Å². The number of aliphatic carboxylic acids is 1. The number of hydrogen-bond acceptors (Lipinski definition) is 3. The van der Waals surface area contributed by atoms with E-state index in [-0.39, 0.29) is 18.7 Å². The minimum absolute atomic E-state index is 0.0705. The number of hydrogen-bond donors (Lipinski definition) is 2. The van der Waals surface area contributed by atoms with Gasteiger partial charge in [0.2, 0.25) is 5.91 Å². The van der Waals surface area contributed by atoms with Crippen LogP contribution in [0, 0.1) is 0 Å². The van der Waals surface area contributed by atoms with E-state index in [2.05, 4.69) is 17.4 Å². The highest BCUT2D eigenvalue weighted by molar-refractivity contribution is 5.88. The summed E-state index contributed by atoms with van der Waals surface area (Å²) in [6.45, 7) is 0.385. The van der Waals surface area contributed by atoms with Crippen LogP contribution in [0.4, 0.5) is 0 Å². The van der Waals surface area contributed by atoms with E-state index in [1.54, 1.807) is 6.26 Å². The van der Waals surface area contributed by atoms with Crippen molar-refractivity contribution in [3.05, 3.63) is 35.1 Å². The Labute approximate surface area is 128 Å². The van der Waals surface area contributed by atoms with Crippen LogP contribution in [-0.4, -0.2) is 23.5 Å². The van der Waals surface area contributed by atoms with Gasteiger partial charge in [-0.15, -0.1) is 0 Å². The van der Waals surface area contributed by atoms with Crippen molar-refractivity contribution >= 4 is 22.8 Å². The Bertz CT molecular complexity index is 717. The minimum atomic E-state index is -0.844. The first kappa shape index (κ1) is 14.6. The third kappa shape index (κ3) is 3.13. The Morgan fingerprint density at radius 3 is 2.77 bits per heavy atom. The fourth-order valence-electron chi connectivity index (χ4n) is 2.99. The number of carbonyl (C=O) groups is 2. The number of furan rings is 1. The molecule has 5 nitrogen and oxygen atoms in total. The predicted octanol–water partition coefficient (Wildman–Crippen LogP) is 2.45. The molecule has 1 aliphatic rings. The highest BCUT2D eigenvalue weighted by Gasteiger charge is 2.16. The van der Waals surface area contributed by atoms with Gasteiger partial charge in [0.05, 0.1) is 12.7 Å². The lowest BCUT2D eigenvalue weighted by atomic mass is 10.0. The van der Waals surface area contributed by atoms with Crippen LogP contribution in [0.3, 0.4) is 0 Å². The van der Waals surface area contributed by atoms with Crippen LogP contribution in [0.25, 0.3) is 11.0 Å². The second kappa shape index (κ2) is 6.22. The zero-order valence-corrected chi connectivity index (χ0v) is 12.4. The third-order valence-electron chi connectivity index (χ3n) is 4.11. The number of rotatable bonds is 6. The molecule has 1 aromatic carbocycles. The Hall–Kier alpha value is -2.30. The molecule has 116 valence electrons. The molecule has 1 aliphatic carbocycles. The second-order valence-corrected chi connectivity index (χ2v) is 5.76. The van der Waals surface area contributed by atoms with Gasteiger partial charge in [0.25, 0.3) is 0 Å². The van der Waals surface area contributed by atoms with Crippen LogP contribution in [-0.2, 0) is 28.9 Å². The smallest absolute Gasteiger partial charge is 0.303 e. The molecule has 0 saturated carbocycles. The lowest BCUT2D eigenvalue weighted by Crippen LogP contribution is -2.26. The molecule has 5 heteroatoms. The molecule has 1 heterocycles. The molecule has 0 bridgehead atoms. The Morgan fingerprint density at radius 2 is 2.00 bits per heavy atom. The largest absolute Gasteiger partial charge is 0.481 e. The van der Waals surface area contributed by atoms with Crippen LogP contribution in [0.1, 0.15) is 36.0 Å². The van der Waals surface area contributed by atoms with Gasteiger partial charge in [-0.3, -0.25) is 9.59 Å². The maximum Gasteiger partial charge on any atom is 0.303 e. The molecule has 0 spiro atoms. The quantitative estimate of drug-likeness (QED) is 0.803. The maximum atomic E-state index is 11.9. The fourth-order valence-corrected chi connectivity index (χ4v) is 2.99. The zero-order valence-electron chi connectivity index (χ0n) is 12.4. The van der Waals surface area contributed by atoms with Crippen molar-refractivity contribution < 1.29 is 19.1 Å². The molecular weight excluding hydrogens is 282 g/mol. The average Bonchev–Trinajstić information content (AvgIpc) is 3.08. The van der Waals surface area contributed by atoms with Gasteiger partial charge in [0.15, 0.2) is 0 Å². The summed E-state index contributed by atoms with van der Waals surface area (Å²) in [4.78, 5) is 22.3. The summed E-state index contributed by atoms with van der Waals surface area (Å²) < 4.78 is 5.57. The van der Waals surface area contributed by atoms with Gasteiger partial charge in [-0.1, -0.05) is 0 Å². The average molecular weight is 301 g/mol. The molecule has 0 fully saturated rings. The summed E-state index contributed by atoms with van der Waals surface area (Å²) >= 11 is 0. The van der Waals surface area contributed by atoms with Crippen LogP contribution in [0.2, 0.25) is 0 Å². The summed E-state index contributed by atoms with van der Waals surface area (Å²) in [5.74, 6) is -0.947. The number of carboxylic acid groups (broad SMARTS) is 1. The molecule has 1 amide bonds. The Morgan fingerprint density at radius 1 is 1.23 bits per heavy atom. The van der Waals surface area contributed by atoms with E-state index >= 15 is 0 Å². The number of aryl methyl sites for hydroxylation is 2. The lowest BCUT2D eigenvalue weighted by molar-refractivity contribution is -0.137. The highest BCUT2D eigenvalue weighted by atomic mass is 16.4. The van der Waals surface area contributed by atoms with E-state index in [0.29, 0.717) is 13.0 Å². The SMILES string of the molecule is O=C(O)CCCNC(=O)Cc1coc2cc3c(cc12)CCC3. The molecule has 2 N–H and O–H groups in total. The molecule has 0 unspecified atom stereocenters. The lowest BCUT2D eigenvalue weighted by Gasteiger charge is -2.04. The van der Waals surface area contributed by atoms with Crippen LogP contribution in [0.15, 0.2) is 22.8 Å². The molecule has 0 atom stereocenters. The van der Waals surface area contributed by atoms with E-state index in [1.165, 1.54) is 17.5 Å². The molecular formula is C17H19NO4. The molecule has 2 aromatic rings. The molecule has 0 saturated heterocycles. The molecule has 3 rings (SSSR count). The van der Waals surface area contributed by atoms with Gasteiger partial charge >= 0.3 is 5.97 Å². The fraction of sp³-hybridized carbons (Fsp3) is 0.412. The van der Waals surface area contributed by atoms with E-state index in [1.807, 2.05) is 0 Å². The van der Waals surface area contributed by atoms with E-state index in [0.717, 1.165) is 29.4 Å². The number of carbonyl (C=O) groups excluding carboxylic acids is 1. The summed E-state index contributed by atoms with van der Waals surface area (Å²) in [6, 6.07) is 4.24. The Kier molecular flexibility index (Phi) is 4.13. The Balaban J connectivity index is 1.64. The monoisotopic (exact) mass is 301 g/mol. The van der Waals surface area contributed by atoms with E-state index in [9.17, 15) is 9.59 Å². The molecule has 0 radical (unpaired) electrons. The van der Waals surface area contributed by atoms with E-state index < -0.39 is 5.97 Å². The summed E-state index contributed by atoms with van der Waals surface area (Å²) in [7, 11) is 0. The first-order valence-electron chi connectivity index (χ1n) is 7.64. The minimum Gasteiger partial charge on any atom is -0.481 e. The second-order valence-electron chi connectivity index (χ2n) is 5.76. The molecule has 1 aromatic heterocycles. The van der Waals surface area contributed by atoms with Crippen molar-refractivity contribution in [2.75, 3.05) is 6.54 Å². The zero-order chi connectivity index (χ0) is 15.5. The van der Waals surface area contributed by atoms with Gasteiger partial charge in [-0.2, -0.15) is 0 Å². The highest BCUT2D eigenvalue weighted by Crippen LogP contribution is 2.30.